The van der Waals surface area contributed by atoms with Crippen LogP contribution in [0.2, 0.25) is 10.0 Å². The molecule has 3 rings (SSSR count). The molecule has 0 bridgehead atoms. The van der Waals surface area contributed by atoms with Gasteiger partial charge in [-0.15, -0.1) is 0 Å². The fraction of sp³-hybridized carbons (Fsp3) is 0.500. The number of ether oxygens (including phenoxy) is 1. The molecule has 1 aromatic rings. The van der Waals surface area contributed by atoms with Gasteiger partial charge in [-0.3, -0.25) is 15.0 Å². The topological polar surface area (TPSA) is 28.1 Å². The highest BCUT2D eigenvalue weighted by molar-refractivity contribution is 6.39. The number of anilines is 1. The van der Waals surface area contributed by atoms with Crippen molar-refractivity contribution in [3.8, 4) is 0 Å². The lowest BCUT2D eigenvalue weighted by Crippen LogP contribution is -2.50. The molecule has 1 saturated heterocycles. The quantitative estimate of drug-likeness (QED) is 0.853. The van der Waals surface area contributed by atoms with Crippen LogP contribution < -0.4 is 5.01 Å². The molecule has 0 spiro atoms. The Morgan fingerprint density at radius 3 is 2.65 bits per heavy atom. The van der Waals surface area contributed by atoms with E-state index in [-0.39, 0.29) is 6.23 Å². The van der Waals surface area contributed by atoms with Crippen LogP contribution in [0.1, 0.15) is 19.3 Å². The number of para-hydroxylation sites is 1. The number of nitrogens with zero attached hydrogens (tertiary/aromatic N) is 3. The normalized spacial score (nSPS) is 22.3. The van der Waals surface area contributed by atoms with Crippen molar-refractivity contribution in [3.63, 3.8) is 0 Å². The van der Waals surface area contributed by atoms with Gasteiger partial charge in [-0.05, 0) is 31.4 Å². The molecule has 2 aliphatic rings. The lowest BCUT2D eigenvalue weighted by Gasteiger charge is -2.41. The average molecular weight is 314 g/mol. The first-order chi connectivity index (χ1) is 9.77. The summed E-state index contributed by atoms with van der Waals surface area (Å²) in [5.41, 5.74) is 0.802. The van der Waals surface area contributed by atoms with Crippen LogP contribution in [0.4, 0.5) is 5.69 Å². The Labute approximate surface area is 128 Å². The van der Waals surface area contributed by atoms with Crippen molar-refractivity contribution < 1.29 is 4.74 Å². The van der Waals surface area contributed by atoms with Gasteiger partial charge < -0.3 is 4.74 Å². The first-order valence-electron chi connectivity index (χ1n) is 6.89. The first-order valence-corrected chi connectivity index (χ1v) is 7.64. The number of aliphatic imine (C=N–C) groups is 1. The number of hydrogen-bond acceptors (Lipinski definition) is 4. The molecular formula is C14H17Cl2N3O. The third kappa shape index (κ3) is 2.73. The molecule has 0 aliphatic carbocycles. The van der Waals surface area contributed by atoms with Crippen molar-refractivity contribution in [2.45, 2.75) is 25.5 Å². The highest BCUT2D eigenvalue weighted by atomic mass is 35.5. The van der Waals surface area contributed by atoms with E-state index < -0.39 is 0 Å². The highest BCUT2D eigenvalue weighted by Gasteiger charge is 2.30. The van der Waals surface area contributed by atoms with E-state index in [2.05, 4.69) is 10.0 Å². The summed E-state index contributed by atoms with van der Waals surface area (Å²) >= 11 is 12.7. The molecule has 20 heavy (non-hydrogen) atoms. The zero-order chi connectivity index (χ0) is 13.9. The fourth-order valence-corrected chi connectivity index (χ4v) is 3.17. The van der Waals surface area contributed by atoms with Crippen molar-refractivity contribution in [1.82, 2.24) is 5.01 Å². The van der Waals surface area contributed by atoms with Crippen LogP contribution in [0.5, 0.6) is 0 Å². The SMILES string of the molecule is Clc1cccc(Cl)c1N(C1CCCCO1)N1C=NCC1. The van der Waals surface area contributed by atoms with E-state index in [1.165, 1.54) is 0 Å². The van der Waals surface area contributed by atoms with Gasteiger partial charge in [0.2, 0.25) is 0 Å². The predicted octanol–water partition coefficient (Wildman–Crippen LogP) is 3.59. The summed E-state index contributed by atoms with van der Waals surface area (Å²) in [4.78, 5) is 4.28. The van der Waals surface area contributed by atoms with Crippen molar-refractivity contribution in [1.29, 1.82) is 0 Å². The standard InChI is InChI=1S/C14H17Cl2N3O/c15-11-4-3-5-12(16)14(11)19(18-8-7-17-10-18)13-6-1-2-9-20-13/h3-5,10,13H,1-2,6-9H2. The zero-order valence-corrected chi connectivity index (χ0v) is 12.6. The van der Waals surface area contributed by atoms with Gasteiger partial charge in [0.25, 0.3) is 0 Å². The molecule has 1 unspecified atom stereocenters. The molecule has 2 heterocycles. The fourth-order valence-electron chi connectivity index (χ4n) is 2.60. The molecule has 4 nitrogen and oxygen atoms in total. The molecule has 2 aliphatic heterocycles. The van der Waals surface area contributed by atoms with Crippen LogP contribution in [-0.4, -0.2) is 37.3 Å². The number of benzene rings is 1. The summed E-state index contributed by atoms with van der Waals surface area (Å²) in [6.07, 6.45) is 5.01. The van der Waals surface area contributed by atoms with Crippen molar-refractivity contribution in [2.75, 3.05) is 24.7 Å². The molecule has 0 aromatic heterocycles. The minimum atomic E-state index is -0.0364. The van der Waals surface area contributed by atoms with Gasteiger partial charge in [0.1, 0.15) is 12.6 Å². The number of rotatable bonds is 3. The maximum absolute atomic E-state index is 6.37. The van der Waals surface area contributed by atoms with Gasteiger partial charge in [-0.2, -0.15) is 0 Å². The third-order valence-electron chi connectivity index (χ3n) is 3.54. The van der Waals surface area contributed by atoms with E-state index in [0.717, 1.165) is 44.6 Å². The Bertz CT molecular complexity index is 483. The molecule has 0 radical (unpaired) electrons. The predicted molar refractivity (Wildman–Crippen MR) is 82.6 cm³/mol. The summed E-state index contributed by atoms with van der Waals surface area (Å²) in [7, 11) is 0. The van der Waals surface area contributed by atoms with E-state index in [0.29, 0.717) is 10.0 Å². The zero-order valence-electron chi connectivity index (χ0n) is 11.1. The van der Waals surface area contributed by atoms with Gasteiger partial charge in [0.05, 0.1) is 28.8 Å². The minimum Gasteiger partial charge on any atom is -0.357 e. The molecule has 0 N–H and O–H groups in total. The maximum Gasteiger partial charge on any atom is 0.149 e. The molecule has 1 aromatic carbocycles. The Hall–Kier alpha value is -0.970. The van der Waals surface area contributed by atoms with E-state index in [1.807, 2.05) is 29.5 Å². The minimum absolute atomic E-state index is 0.0364. The third-order valence-corrected chi connectivity index (χ3v) is 4.15. The second kappa shape index (κ2) is 6.20. The summed E-state index contributed by atoms with van der Waals surface area (Å²) in [6.45, 7) is 2.38. The van der Waals surface area contributed by atoms with Crippen LogP contribution in [-0.2, 0) is 4.74 Å². The highest BCUT2D eigenvalue weighted by Crippen LogP contribution is 2.37. The van der Waals surface area contributed by atoms with Gasteiger partial charge >= 0.3 is 0 Å². The maximum atomic E-state index is 6.37. The number of halogens is 2. The van der Waals surface area contributed by atoms with Gasteiger partial charge in [-0.25, -0.2) is 0 Å². The summed E-state index contributed by atoms with van der Waals surface area (Å²) in [5.74, 6) is 0. The number of hydrazine groups is 1. The lowest BCUT2D eigenvalue weighted by molar-refractivity contribution is -0.00514. The van der Waals surface area contributed by atoms with Crippen molar-refractivity contribution >= 4 is 35.2 Å². The van der Waals surface area contributed by atoms with Crippen molar-refractivity contribution in [2.24, 2.45) is 4.99 Å². The van der Waals surface area contributed by atoms with Crippen LogP contribution >= 0.6 is 23.2 Å². The molecule has 0 saturated carbocycles. The summed E-state index contributed by atoms with van der Waals surface area (Å²) in [6, 6.07) is 5.56. The first kappa shape index (κ1) is 14.0. The Morgan fingerprint density at radius 1 is 1.25 bits per heavy atom. The van der Waals surface area contributed by atoms with E-state index in [4.69, 9.17) is 27.9 Å². The van der Waals surface area contributed by atoms with Crippen LogP contribution in [0, 0.1) is 0 Å². The second-order valence-corrected chi connectivity index (χ2v) is 5.74. The summed E-state index contributed by atoms with van der Waals surface area (Å²) in [5, 5.41) is 5.36. The molecule has 6 heteroatoms. The number of hydrogen-bond donors (Lipinski definition) is 0. The van der Waals surface area contributed by atoms with E-state index in [1.54, 1.807) is 0 Å². The lowest BCUT2D eigenvalue weighted by atomic mass is 10.1. The van der Waals surface area contributed by atoms with Crippen LogP contribution in [0.15, 0.2) is 23.2 Å². The van der Waals surface area contributed by atoms with Crippen molar-refractivity contribution in [3.05, 3.63) is 28.2 Å². The second-order valence-electron chi connectivity index (χ2n) is 4.92. The molecule has 108 valence electrons. The smallest absolute Gasteiger partial charge is 0.149 e. The monoisotopic (exact) mass is 313 g/mol. The van der Waals surface area contributed by atoms with E-state index >= 15 is 0 Å². The van der Waals surface area contributed by atoms with Gasteiger partial charge in [0, 0.05) is 6.61 Å². The Morgan fingerprint density at radius 2 is 2.05 bits per heavy atom. The molecule has 1 fully saturated rings. The molecule has 0 amide bonds. The van der Waals surface area contributed by atoms with Gasteiger partial charge in [0.15, 0.2) is 0 Å². The average Bonchev–Trinajstić information content (AvgIpc) is 2.98. The Kier molecular flexibility index (Phi) is 4.34. The van der Waals surface area contributed by atoms with Gasteiger partial charge in [-0.1, -0.05) is 29.3 Å². The van der Waals surface area contributed by atoms with Crippen LogP contribution in [0.3, 0.4) is 0 Å². The largest absolute Gasteiger partial charge is 0.357 e. The molecule has 1 atom stereocenters. The summed E-state index contributed by atoms with van der Waals surface area (Å²) < 4.78 is 5.92. The van der Waals surface area contributed by atoms with Crippen LogP contribution in [0.25, 0.3) is 0 Å². The Balaban J connectivity index is 1.97. The van der Waals surface area contributed by atoms with E-state index in [9.17, 15) is 0 Å². The molecular weight excluding hydrogens is 297 g/mol.